The van der Waals surface area contributed by atoms with Crippen LogP contribution in [0.15, 0.2) is 10.2 Å². The molecule has 0 spiro atoms. The normalized spacial score (nSPS) is 19.6. The highest BCUT2D eigenvalue weighted by Gasteiger charge is 2.17. The van der Waals surface area contributed by atoms with E-state index in [-0.39, 0.29) is 10.8 Å². The fourth-order valence-electron chi connectivity index (χ4n) is 2.81. The average molecular weight is 311 g/mol. The van der Waals surface area contributed by atoms with Crippen molar-refractivity contribution >= 4 is 17.2 Å². The highest BCUT2D eigenvalue weighted by molar-refractivity contribution is 7.07. The molecule has 0 radical (unpaired) electrons. The molecular weight excluding hydrogens is 286 g/mol. The van der Waals surface area contributed by atoms with Crippen molar-refractivity contribution < 1.29 is 4.79 Å². The van der Waals surface area contributed by atoms with Gasteiger partial charge in [-0.2, -0.15) is 0 Å². The van der Waals surface area contributed by atoms with E-state index in [9.17, 15) is 9.59 Å². The Morgan fingerprint density at radius 3 is 2.90 bits per heavy atom. The lowest BCUT2D eigenvalue weighted by Crippen LogP contribution is -2.42. The number of aryl methyl sites for hydroxylation is 1. The van der Waals surface area contributed by atoms with E-state index in [2.05, 4.69) is 17.1 Å². The number of hydrogen-bond donors (Lipinski definition) is 1. The molecule has 1 N–H and O–H groups in total. The Morgan fingerprint density at radius 1 is 1.43 bits per heavy atom. The zero-order valence-corrected chi connectivity index (χ0v) is 13.7. The molecule has 1 aliphatic heterocycles. The van der Waals surface area contributed by atoms with Gasteiger partial charge in [0.05, 0.1) is 0 Å². The predicted octanol–water partition coefficient (Wildman–Crippen LogP) is 1.60. The van der Waals surface area contributed by atoms with Crippen LogP contribution in [-0.4, -0.2) is 41.1 Å². The van der Waals surface area contributed by atoms with Gasteiger partial charge in [0.15, 0.2) is 0 Å². The molecule has 0 unspecified atom stereocenters. The summed E-state index contributed by atoms with van der Waals surface area (Å²) in [5.41, 5.74) is 0.931. The van der Waals surface area contributed by atoms with Gasteiger partial charge in [0.1, 0.15) is 0 Å². The van der Waals surface area contributed by atoms with Crippen molar-refractivity contribution in [3.05, 3.63) is 20.7 Å². The zero-order chi connectivity index (χ0) is 15.2. The van der Waals surface area contributed by atoms with Gasteiger partial charge in [0.25, 0.3) is 0 Å². The molecule has 6 heteroatoms. The van der Waals surface area contributed by atoms with Crippen molar-refractivity contribution in [2.24, 2.45) is 0 Å². The Labute approximate surface area is 130 Å². The summed E-state index contributed by atoms with van der Waals surface area (Å²) in [6.07, 6.45) is 4.21. The first-order valence-corrected chi connectivity index (χ1v) is 8.61. The van der Waals surface area contributed by atoms with E-state index < -0.39 is 0 Å². The summed E-state index contributed by atoms with van der Waals surface area (Å²) >= 11 is 1.19. The van der Waals surface area contributed by atoms with E-state index in [0.29, 0.717) is 25.6 Å². The largest absolute Gasteiger partial charge is 0.355 e. The summed E-state index contributed by atoms with van der Waals surface area (Å²) in [7, 11) is 0. The first-order valence-electron chi connectivity index (χ1n) is 7.73. The van der Waals surface area contributed by atoms with E-state index in [1.54, 1.807) is 4.57 Å². The minimum atomic E-state index is 0.0161. The molecule has 1 atom stereocenters. The van der Waals surface area contributed by atoms with Crippen molar-refractivity contribution in [3.63, 3.8) is 0 Å². The second-order valence-electron chi connectivity index (χ2n) is 5.78. The summed E-state index contributed by atoms with van der Waals surface area (Å²) in [6.45, 7) is 7.38. The monoisotopic (exact) mass is 311 g/mol. The number of carbonyl (C=O) groups excluding carboxylic acids is 1. The quantitative estimate of drug-likeness (QED) is 0.868. The molecule has 21 heavy (non-hydrogen) atoms. The Balaban J connectivity index is 1.67. The molecular formula is C15H25N3O2S. The van der Waals surface area contributed by atoms with E-state index in [1.807, 2.05) is 12.3 Å². The molecule has 1 fully saturated rings. The molecule has 2 heterocycles. The molecule has 5 nitrogen and oxygen atoms in total. The van der Waals surface area contributed by atoms with Gasteiger partial charge in [0, 0.05) is 43.2 Å². The standard InChI is InChI=1S/C15H25N3O2S/c1-12-5-3-4-8-17(12)10-7-16-14(19)6-9-18-13(2)11-21-15(18)20/h11-12H,3-10H2,1-2H3,(H,16,19)/t12-/m0/s1. The van der Waals surface area contributed by atoms with Gasteiger partial charge in [-0.25, -0.2) is 0 Å². The highest BCUT2D eigenvalue weighted by Crippen LogP contribution is 2.15. The third-order valence-corrected chi connectivity index (χ3v) is 5.08. The van der Waals surface area contributed by atoms with Crippen LogP contribution in [0.25, 0.3) is 0 Å². The molecule has 0 aromatic carbocycles. The maximum absolute atomic E-state index is 11.8. The summed E-state index contributed by atoms with van der Waals surface area (Å²) in [6, 6.07) is 0.627. The van der Waals surface area contributed by atoms with Crippen LogP contribution >= 0.6 is 11.3 Å². The van der Waals surface area contributed by atoms with Crippen LogP contribution in [0, 0.1) is 6.92 Å². The Kier molecular flexibility index (Phi) is 5.99. The molecule has 1 amide bonds. The van der Waals surface area contributed by atoms with Crippen molar-refractivity contribution in [1.29, 1.82) is 0 Å². The van der Waals surface area contributed by atoms with Crippen LogP contribution in [0.2, 0.25) is 0 Å². The maximum Gasteiger partial charge on any atom is 0.307 e. The number of thiazole rings is 1. The lowest BCUT2D eigenvalue weighted by Gasteiger charge is -2.33. The van der Waals surface area contributed by atoms with Crippen molar-refractivity contribution in [3.8, 4) is 0 Å². The van der Waals surface area contributed by atoms with E-state index in [0.717, 1.165) is 18.8 Å². The van der Waals surface area contributed by atoms with Gasteiger partial charge in [-0.1, -0.05) is 17.8 Å². The molecule has 118 valence electrons. The van der Waals surface area contributed by atoms with Crippen LogP contribution in [0.4, 0.5) is 0 Å². The number of nitrogens with one attached hydrogen (secondary N) is 1. The molecule has 2 rings (SSSR count). The topological polar surface area (TPSA) is 54.3 Å². The molecule has 1 saturated heterocycles. The number of nitrogens with zero attached hydrogens (tertiary/aromatic N) is 2. The number of carbonyl (C=O) groups is 1. The number of hydrogen-bond acceptors (Lipinski definition) is 4. The van der Waals surface area contributed by atoms with Crippen molar-refractivity contribution in [2.45, 2.75) is 52.1 Å². The molecule has 1 aromatic rings. The van der Waals surface area contributed by atoms with Gasteiger partial charge in [-0.15, -0.1) is 0 Å². The van der Waals surface area contributed by atoms with Crippen LogP contribution in [0.5, 0.6) is 0 Å². The van der Waals surface area contributed by atoms with E-state index in [4.69, 9.17) is 0 Å². The third kappa shape index (κ3) is 4.68. The van der Waals surface area contributed by atoms with E-state index >= 15 is 0 Å². The smallest absolute Gasteiger partial charge is 0.307 e. The lowest BCUT2D eigenvalue weighted by atomic mass is 10.0. The Bertz CT molecular complexity index is 523. The number of aromatic nitrogens is 1. The molecule has 0 saturated carbocycles. The lowest BCUT2D eigenvalue weighted by molar-refractivity contribution is -0.121. The van der Waals surface area contributed by atoms with Gasteiger partial charge >= 0.3 is 4.87 Å². The second-order valence-corrected chi connectivity index (χ2v) is 6.60. The number of likely N-dealkylation sites (tertiary alicyclic amines) is 1. The van der Waals surface area contributed by atoms with Gasteiger partial charge in [-0.05, 0) is 33.2 Å². The Morgan fingerprint density at radius 2 is 2.24 bits per heavy atom. The van der Waals surface area contributed by atoms with E-state index in [1.165, 1.54) is 30.6 Å². The zero-order valence-electron chi connectivity index (χ0n) is 12.9. The summed E-state index contributed by atoms with van der Waals surface area (Å²) < 4.78 is 1.66. The van der Waals surface area contributed by atoms with Gasteiger partial charge in [0.2, 0.25) is 5.91 Å². The van der Waals surface area contributed by atoms with Crippen molar-refractivity contribution in [2.75, 3.05) is 19.6 Å². The number of amides is 1. The third-order valence-electron chi connectivity index (χ3n) is 4.20. The van der Waals surface area contributed by atoms with Crippen LogP contribution in [0.3, 0.4) is 0 Å². The molecule has 0 bridgehead atoms. The maximum atomic E-state index is 11.8. The van der Waals surface area contributed by atoms with Crippen LogP contribution in [-0.2, 0) is 11.3 Å². The van der Waals surface area contributed by atoms with Crippen molar-refractivity contribution in [1.82, 2.24) is 14.8 Å². The van der Waals surface area contributed by atoms with Crippen LogP contribution in [0.1, 0.15) is 38.3 Å². The second kappa shape index (κ2) is 7.75. The first kappa shape index (κ1) is 16.2. The summed E-state index contributed by atoms with van der Waals surface area (Å²) in [4.78, 5) is 25.9. The minimum Gasteiger partial charge on any atom is -0.355 e. The fraction of sp³-hybridized carbons (Fsp3) is 0.733. The van der Waals surface area contributed by atoms with Crippen LogP contribution < -0.4 is 10.2 Å². The summed E-state index contributed by atoms with van der Waals surface area (Å²) in [5, 5.41) is 4.79. The van der Waals surface area contributed by atoms with Gasteiger partial charge in [-0.3, -0.25) is 14.5 Å². The minimum absolute atomic E-state index is 0.0161. The number of piperidine rings is 1. The molecule has 1 aromatic heterocycles. The molecule has 0 aliphatic carbocycles. The first-order chi connectivity index (χ1) is 10.1. The molecule has 1 aliphatic rings. The predicted molar refractivity (Wildman–Crippen MR) is 85.8 cm³/mol. The number of rotatable bonds is 6. The highest BCUT2D eigenvalue weighted by atomic mass is 32.1. The summed E-state index contributed by atoms with van der Waals surface area (Å²) in [5.74, 6) is 0.0252. The average Bonchev–Trinajstić information content (AvgIpc) is 2.78. The Hall–Kier alpha value is -1.14. The van der Waals surface area contributed by atoms with Gasteiger partial charge < -0.3 is 9.88 Å². The fourth-order valence-corrected chi connectivity index (χ4v) is 3.57. The SMILES string of the molecule is Cc1csc(=O)n1CCC(=O)NCCN1CCCC[C@@H]1C.